The second-order valence-electron chi connectivity index (χ2n) is 5.52. The number of halogens is 1. The number of hydrogen-bond donors (Lipinski definition) is 1. The summed E-state index contributed by atoms with van der Waals surface area (Å²) in [5, 5.41) is 5.36. The Morgan fingerprint density at radius 1 is 1.52 bits per heavy atom. The number of nitrogens with one attached hydrogen (secondary N) is 1. The first kappa shape index (κ1) is 22.5. The summed E-state index contributed by atoms with van der Waals surface area (Å²) in [6.45, 7) is 5.43. The fraction of sp³-hybridized carbons (Fsp3) is 0.688. The van der Waals surface area contributed by atoms with Crippen molar-refractivity contribution in [2.24, 2.45) is 10.9 Å². The molecule has 25 heavy (non-hydrogen) atoms. The van der Waals surface area contributed by atoms with Crippen molar-refractivity contribution in [2.75, 3.05) is 39.0 Å². The molecule has 0 spiro atoms. The number of rotatable bonds is 7. The van der Waals surface area contributed by atoms with Gasteiger partial charge in [-0.05, 0) is 26.2 Å². The van der Waals surface area contributed by atoms with E-state index in [4.69, 9.17) is 9.73 Å². The van der Waals surface area contributed by atoms with Gasteiger partial charge in [-0.25, -0.2) is 4.98 Å². The smallest absolute Gasteiger partial charge is 0.308 e. The average Bonchev–Trinajstić information content (AvgIpc) is 3.13. The number of carbonyl (C=O) groups excluding carboxylic acids is 1. The Labute approximate surface area is 175 Å². The summed E-state index contributed by atoms with van der Waals surface area (Å²) >= 11 is 3.47. The van der Waals surface area contributed by atoms with E-state index in [1.54, 1.807) is 23.1 Å². The molecule has 0 unspecified atom stereocenters. The van der Waals surface area contributed by atoms with Crippen LogP contribution in [0.3, 0.4) is 0 Å². The summed E-state index contributed by atoms with van der Waals surface area (Å²) in [5.74, 6) is 1.93. The van der Waals surface area contributed by atoms with Crippen molar-refractivity contribution in [3.63, 3.8) is 0 Å². The molecule has 0 saturated carbocycles. The van der Waals surface area contributed by atoms with Gasteiger partial charge in [-0.3, -0.25) is 9.79 Å². The molecule has 9 heteroatoms. The number of ether oxygens (including phenoxy) is 1. The molecule has 1 fully saturated rings. The number of carbonyl (C=O) groups is 1. The summed E-state index contributed by atoms with van der Waals surface area (Å²) < 4.78 is 5.97. The highest BCUT2D eigenvalue weighted by molar-refractivity contribution is 14.0. The number of piperidine rings is 1. The van der Waals surface area contributed by atoms with Crippen molar-refractivity contribution in [3.8, 4) is 0 Å². The van der Waals surface area contributed by atoms with Gasteiger partial charge < -0.3 is 15.0 Å². The molecule has 0 aromatic carbocycles. The first-order valence-corrected chi connectivity index (χ1v) is 10.2. The van der Waals surface area contributed by atoms with Crippen molar-refractivity contribution in [1.82, 2.24) is 15.2 Å². The van der Waals surface area contributed by atoms with E-state index in [0.29, 0.717) is 0 Å². The second-order valence-corrected chi connectivity index (χ2v) is 7.76. The van der Waals surface area contributed by atoms with Crippen molar-refractivity contribution >= 4 is 59.0 Å². The van der Waals surface area contributed by atoms with Gasteiger partial charge in [-0.2, -0.15) is 0 Å². The van der Waals surface area contributed by atoms with Gasteiger partial charge in [0.15, 0.2) is 5.96 Å². The highest BCUT2D eigenvalue weighted by Gasteiger charge is 2.26. The molecule has 142 valence electrons. The van der Waals surface area contributed by atoms with Crippen LogP contribution in [0.2, 0.25) is 0 Å². The van der Waals surface area contributed by atoms with Crippen LogP contribution in [-0.4, -0.2) is 60.9 Å². The molecule has 0 aliphatic carbocycles. The molecule has 1 saturated heterocycles. The predicted octanol–water partition coefficient (Wildman–Crippen LogP) is 3.09. The Hall–Kier alpha value is -0.550. The molecule has 1 aromatic heterocycles. The largest absolute Gasteiger partial charge is 0.469 e. The molecule has 1 aliphatic heterocycles. The molecule has 2 heterocycles. The lowest BCUT2D eigenvalue weighted by Gasteiger charge is -2.33. The normalized spacial score (nSPS) is 15.6. The maximum Gasteiger partial charge on any atom is 0.308 e. The van der Waals surface area contributed by atoms with Crippen LogP contribution >= 0.6 is 47.1 Å². The van der Waals surface area contributed by atoms with Gasteiger partial charge in [-0.1, -0.05) is 11.8 Å². The first-order chi connectivity index (χ1) is 11.7. The van der Waals surface area contributed by atoms with E-state index in [1.807, 2.05) is 11.6 Å². The number of guanidine groups is 1. The lowest BCUT2D eigenvalue weighted by atomic mass is 9.97. The Balaban J connectivity index is 0.00000312. The van der Waals surface area contributed by atoms with E-state index in [2.05, 4.69) is 22.1 Å². The van der Waals surface area contributed by atoms with Crippen LogP contribution < -0.4 is 5.32 Å². The summed E-state index contributed by atoms with van der Waals surface area (Å²) in [6.07, 6.45) is 4.53. The highest BCUT2D eigenvalue weighted by atomic mass is 127. The third-order valence-electron chi connectivity index (χ3n) is 3.86. The zero-order valence-electron chi connectivity index (χ0n) is 14.8. The van der Waals surface area contributed by atoms with Crippen molar-refractivity contribution < 1.29 is 9.53 Å². The zero-order valence-corrected chi connectivity index (χ0v) is 18.7. The van der Waals surface area contributed by atoms with Crippen LogP contribution in [0.5, 0.6) is 0 Å². The lowest BCUT2D eigenvalue weighted by molar-refractivity contribution is -0.146. The number of thioether (sulfide) groups is 1. The van der Waals surface area contributed by atoms with Crippen LogP contribution in [0.15, 0.2) is 20.9 Å². The zero-order chi connectivity index (χ0) is 17.2. The Morgan fingerprint density at radius 3 is 2.88 bits per heavy atom. The topological polar surface area (TPSA) is 66.8 Å². The van der Waals surface area contributed by atoms with Crippen LogP contribution in [0.4, 0.5) is 0 Å². The standard InChI is InChI=1S/C16H26N4O2S2.HI/c1-3-17-15(18-7-4-11-23-16-19-8-12-24-16)20-9-5-13(6-10-20)14(21)22-2;/h8,12-13H,3-7,9-11H2,1-2H3,(H,17,18);1H. The molecule has 0 bridgehead atoms. The van der Waals surface area contributed by atoms with Crippen molar-refractivity contribution in [3.05, 3.63) is 11.6 Å². The summed E-state index contributed by atoms with van der Waals surface area (Å²) in [6, 6.07) is 0. The van der Waals surface area contributed by atoms with Crippen molar-refractivity contribution in [2.45, 2.75) is 30.5 Å². The van der Waals surface area contributed by atoms with E-state index in [0.717, 1.165) is 61.5 Å². The molecule has 1 N–H and O–H groups in total. The van der Waals surface area contributed by atoms with Gasteiger partial charge >= 0.3 is 5.97 Å². The van der Waals surface area contributed by atoms with Gasteiger partial charge in [0.2, 0.25) is 0 Å². The lowest BCUT2D eigenvalue weighted by Crippen LogP contribution is -2.46. The molecule has 1 aromatic rings. The second kappa shape index (κ2) is 12.7. The molecular weight excluding hydrogens is 471 g/mol. The van der Waals surface area contributed by atoms with E-state index >= 15 is 0 Å². The molecule has 6 nitrogen and oxygen atoms in total. The Kier molecular flexibility index (Phi) is 11.5. The summed E-state index contributed by atoms with van der Waals surface area (Å²) in [7, 11) is 1.46. The summed E-state index contributed by atoms with van der Waals surface area (Å²) in [4.78, 5) is 22.9. The van der Waals surface area contributed by atoms with Crippen LogP contribution in [0.25, 0.3) is 0 Å². The number of thiazole rings is 1. The maximum atomic E-state index is 11.6. The van der Waals surface area contributed by atoms with E-state index < -0.39 is 0 Å². The maximum absolute atomic E-state index is 11.6. The Morgan fingerprint density at radius 2 is 2.28 bits per heavy atom. The van der Waals surface area contributed by atoms with Gasteiger partial charge in [0.05, 0.1) is 13.0 Å². The number of aromatic nitrogens is 1. The van der Waals surface area contributed by atoms with Gasteiger partial charge in [0, 0.05) is 43.5 Å². The van der Waals surface area contributed by atoms with Crippen LogP contribution in [0.1, 0.15) is 26.2 Å². The average molecular weight is 498 g/mol. The van der Waals surface area contributed by atoms with E-state index in [-0.39, 0.29) is 35.9 Å². The number of nitrogens with zero attached hydrogens (tertiary/aromatic N) is 3. The highest BCUT2D eigenvalue weighted by Crippen LogP contribution is 2.21. The monoisotopic (exact) mass is 498 g/mol. The fourth-order valence-corrected chi connectivity index (χ4v) is 4.24. The summed E-state index contributed by atoms with van der Waals surface area (Å²) in [5.41, 5.74) is 0. The third kappa shape index (κ3) is 7.69. The quantitative estimate of drug-likeness (QED) is 0.156. The number of esters is 1. The van der Waals surface area contributed by atoms with Crippen molar-refractivity contribution in [1.29, 1.82) is 0 Å². The first-order valence-electron chi connectivity index (χ1n) is 8.38. The van der Waals surface area contributed by atoms with Crippen LogP contribution in [0, 0.1) is 5.92 Å². The van der Waals surface area contributed by atoms with Crippen LogP contribution in [-0.2, 0) is 9.53 Å². The molecule has 0 atom stereocenters. The molecule has 2 rings (SSSR count). The molecule has 0 radical (unpaired) electrons. The third-order valence-corrected chi connectivity index (χ3v) is 5.92. The minimum absolute atomic E-state index is 0. The predicted molar refractivity (Wildman–Crippen MR) is 115 cm³/mol. The number of likely N-dealkylation sites (tertiary alicyclic amines) is 1. The number of aliphatic imine (C=N–C) groups is 1. The fourth-order valence-electron chi connectivity index (χ4n) is 2.61. The Bertz CT molecular complexity index is 520. The van der Waals surface area contributed by atoms with Gasteiger partial charge in [-0.15, -0.1) is 35.3 Å². The SMILES string of the molecule is CCNC(=NCCCSc1nccs1)N1CCC(C(=O)OC)CC1.I. The number of methoxy groups -OCH3 is 1. The molecule has 1 aliphatic rings. The van der Waals surface area contributed by atoms with Gasteiger partial charge in [0.25, 0.3) is 0 Å². The van der Waals surface area contributed by atoms with E-state index in [1.165, 1.54) is 7.11 Å². The minimum Gasteiger partial charge on any atom is -0.469 e. The molecular formula is C16H27IN4O2S2. The minimum atomic E-state index is -0.0872. The van der Waals surface area contributed by atoms with Gasteiger partial charge in [0.1, 0.15) is 4.34 Å². The van der Waals surface area contributed by atoms with E-state index in [9.17, 15) is 4.79 Å². The molecule has 0 amide bonds. The number of hydrogen-bond acceptors (Lipinski definition) is 6.